The van der Waals surface area contributed by atoms with Crippen molar-refractivity contribution in [2.75, 3.05) is 5.32 Å². The van der Waals surface area contributed by atoms with Gasteiger partial charge in [-0.15, -0.1) is 11.3 Å². The van der Waals surface area contributed by atoms with Gasteiger partial charge in [-0.2, -0.15) is 13.2 Å². The first-order valence-corrected chi connectivity index (χ1v) is 6.86. The Balaban J connectivity index is 2.11. The van der Waals surface area contributed by atoms with Gasteiger partial charge in [-0.3, -0.25) is 4.79 Å². The monoisotopic (exact) mass is 318 g/mol. The average molecular weight is 318 g/mol. The highest BCUT2D eigenvalue weighted by Gasteiger charge is 2.50. The van der Waals surface area contributed by atoms with Crippen LogP contribution in [0.2, 0.25) is 0 Å². The Morgan fingerprint density at radius 2 is 2.10 bits per heavy atom. The molecule has 21 heavy (non-hydrogen) atoms. The minimum Gasteiger partial charge on any atom is -0.380 e. The van der Waals surface area contributed by atoms with E-state index in [-0.39, 0.29) is 0 Å². The number of aromatic nitrogens is 1. The molecule has 1 amide bonds. The van der Waals surface area contributed by atoms with Gasteiger partial charge >= 0.3 is 6.18 Å². The van der Waals surface area contributed by atoms with Crippen molar-refractivity contribution in [3.63, 3.8) is 0 Å². The van der Waals surface area contributed by atoms with Crippen LogP contribution in [0.4, 0.5) is 18.9 Å². The lowest BCUT2D eigenvalue weighted by molar-refractivity contribution is -0.252. The maximum Gasteiger partial charge on any atom is 0.417 e. The molecule has 2 rings (SSSR count). The quantitative estimate of drug-likeness (QED) is 0.913. The summed E-state index contributed by atoms with van der Waals surface area (Å²) in [7, 11) is 0. The SMILES string of the molecule is Cc1nc2ccc(NC(=O)C[C@](C)(O)C(F)(F)F)cc2s1. The Kier molecular flexibility index (Phi) is 3.94. The van der Waals surface area contributed by atoms with Gasteiger partial charge in [-0.1, -0.05) is 0 Å². The van der Waals surface area contributed by atoms with Crippen LogP contribution in [0.15, 0.2) is 18.2 Å². The summed E-state index contributed by atoms with van der Waals surface area (Å²) in [5, 5.41) is 12.5. The van der Waals surface area contributed by atoms with Gasteiger partial charge in [0.15, 0.2) is 5.60 Å². The molecule has 0 fully saturated rings. The summed E-state index contributed by atoms with van der Waals surface area (Å²) in [6, 6.07) is 4.87. The molecule has 114 valence electrons. The summed E-state index contributed by atoms with van der Waals surface area (Å²) in [5.74, 6) is -0.905. The van der Waals surface area contributed by atoms with E-state index in [1.807, 2.05) is 6.92 Å². The molecule has 1 aromatic carbocycles. The first kappa shape index (κ1) is 15.7. The number of nitrogens with zero attached hydrogens (tertiary/aromatic N) is 1. The van der Waals surface area contributed by atoms with E-state index in [4.69, 9.17) is 0 Å². The highest BCUT2D eigenvalue weighted by Crippen LogP contribution is 2.33. The third-order valence-electron chi connectivity index (χ3n) is 2.89. The van der Waals surface area contributed by atoms with Gasteiger partial charge in [0.1, 0.15) is 0 Å². The van der Waals surface area contributed by atoms with E-state index in [0.29, 0.717) is 12.6 Å². The van der Waals surface area contributed by atoms with Gasteiger partial charge in [-0.05, 0) is 32.0 Å². The number of nitrogens with one attached hydrogen (secondary N) is 1. The predicted molar refractivity (Wildman–Crippen MR) is 74.3 cm³/mol. The van der Waals surface area contributed by atoms with E-state index in [2.05, 4.69) is 10.3 Å². The molecule has 0 aliphatic heterocycles. The van der Waals surface area contributed by atoms with E-state index < -0.39 is 24.1 Å². The third-order valence-corrected chi connectivity index (χ3v) is 3.83. The van der Waals surface area contributed by atoms with Crippen LogP contribution in [0.3, 0.4) is 0 Å². The number of anilines is 1. The number of fused-ring (bicyclic) bond motifs is 1. The molecule has 0 unspecified atom stereocenters. The van der Waals surface area contributed by atoms with Crippen LogP contribution in [-0.4, -0.2) is 27.8 Å². The van der Waals surface area contributed by atoms with Crippen LogP contribution in [0, 0.1) is 6.92 Å². The number of rotatable bonds is 3. The largest absolute Gasteiger partial charge is 0.417 e. The van der Waals surface area contributed by atoms with Gasteiger partial charge in [0.05, 0.1) is 21.6 Å². The molecule has 4 nitrogen and oxygen atoms in total. The van der Waals surface area contributed by atoms with Crippen LogP contribution in [0.5, 0.6) is 0 Å². The van der Waals surface area contributed by atoms with Gasteiger partial charge in [-0.25, -0.2) is 4.98 Å². The normalized spacial score (nSPS) is 15.0. The summed E-state index contributed by atoms with van der Waals surface area (Å²) in [5.41, 5.74) is -1.92. The number of halogens is 3. The van der Waals surface area contributed by atoms with Crippen molar-refractivity contribution in [2.45, 2.75) is 32.0 Å². The second kappa shape index (κ2) is 5.27. The lowest BCUT2D eigenvalue weighted by Crippen LogP contribution is -2.44. The molecular formula is C13H13F3N2O2S. The first-order valence-electron chi connectivity index (χ1n) is 6.05. The number of aryl methyl sites for hydroxylation is 1. The van der Waals surface area contributed by atoms with Gasteiger partial charge in [0, 0.05) is 5.69 Å². The maximum atomic E-state index is 12.5. The van der Waals surface area contributed by atoms with E-state index in [1.165, 1.54) is 11.3 Å². The molecule has 2 aromatic rings. The number of hydrogen-bond acceptors (Lipinski definition) is 4. The molecule has 0 spiro atoms. The average Bonchev–Trinajstić information content (AvgIpc) is 2.65. The second-order valence-corrected chi connectivity index (χ2v) is 6.15. The van der Waals surface area contributed by atoms with E-state index in [1.54, 1.807) is 18.2 Å². The molecule has 1 heterocycles. The molecule has 1 atom stereocenters. The number of thiazole rings is 1. The third kappa shape index (κ3) is 3.51. The number of aliphatic hydroxyl groups is 1. The summed E-state index contributed by atoms with van der Waals surface area (Å²) in [4.78, 5) is 15.9. The number of carbonyl (C=O) groups is 1. The molecule has 0 bridgehead atoms. The molecule has 0 aliphatic carbocycles. The van der Waals surface area contributed by atoms with Crippen molar-refractivity contribution in [1.29, 1.82) is 0 Å². The Bertz CT molecular complexity index is 680. The number of carbonyl (C=O) groups excluding carboxylic acids is 1. The highest BCUT2D eigenvalue weighted by molar-refractivity contribution is 7.18. The molecule has 2 N–H and O–H groups in total. The minimum absolute atomic E-state index is 0.370. The number of benzene rings is 1. The van der Waals surface area contributed by atoms with Crippen molar-refractivity contribution in [3.8, 4) is 0 Å². The van der Waals surface area contributed by atoms with E-state index in [9.17, 15) is 23.1 Å². The molecule has 0 saturated heterocycles. The zero-order chi connectivity index (χ0) is 15.8. The summed E-state index contributed by atoms with van der Waals surface area (Å²) >= 11 is 1.42. The Hall–Kier alpha value is -1.67. The summed E-state index contributed by atoms with van der Waals surface area (Å²) in [6.45, 7) is 2.41. The fraction of sp³-hybridized carbons (Fsp3) is 0.385. The van der Waals surface area contributed by atoms with Crippen molar-refractivity contribution >= 4 is 33.1 Å². The minimum atomic E-state index is -4.86. The van der Waals surface area contributed by atoms with Crippen molar-refractivity contribution < 1.29 is 23.1 Å². The van der Waals surface area contributed by atoms with E-state index in [0.717, 1.165) is 15.2 Å². The van der Waals surface area contributed by atoms with Gasteiger partial charge < -0.3 is 10.4 Å². The zero-order valence-electron chi connectivity index (χ0n) is 11.3. The Morgan fingerprint density at radius 1 is 1.43 bits per heavy atom. The Labute approximate surface area is 122 Å². The molecule has 8 heteroatoms. The van der Waals surface area contributed by atoms with Crippen LogP contribution in [0.25, 0.3) is 10.2 Å². The molecule has 0 radical (unpaired) electrons. The van der Waals surface area contributed by atoms with Crippen LogP contribution in [0.1, 0.15) is 18.4 Å². The fourth-order valence-electron chi connectivity index (χ4n) is 1.74. The Morgan fingerprint density at radius 3 is 2.71 bits per heavy atom. The predicted octanol–water partition coefficient (Wildman–Crippen LogP) is 3.25. The number of amides is 1. The fourth-order valence-corrected chi connectivity index (χ4v) is 2.60. The smallest absolute Gasteiger partial charge is 0.380 e. The van der Waals surface area contributed by atoms with Crippen molar-refractivity contribution in [2.24, 2.45) is 0 Å². The van der Waals surface area contributed by atoms with E-state index >= 15 is 0 Å². The number of alkyl halides is 3. The second-order valence-electron chi connectivity index (χ2n) is 4.91. The van der Waals surface area contributed by atoms with Gasteiger partial charge in [0.2, 0.25) is 5.91 Å². The topological polar surface area (TPSA) is 62.2 Å². The zero-order valence-corrected chi connectivity index (χ0v) is 12.1. The summed E-state index contributed by atoms with van der Waals surface area (Å²) in [6.07, 6.45) is -5.92. The first-order chi connectivity index (χ1) is 9.58. The van der Waals surface area contributed by atoms with Gasteiger partial charge in [0.25, 0.3) is 0 Å². The number of hydrogen-bond donors (Lipinski definition) is 2. The molecule has 1 aromatic heterocycles. The lowest BCUT2D eigenvalue weighted by Gasteiger charge is -2.25. The van der Waals surface area contributed by atoms with Crippen LogP contribution >= 0.6 is 11.3 Å². The summed E-state index contributed by atoms with van der Waals surface area (Å²) < 4.78 is 38.3. The van der Waals surface area contributed by atoms with Crippen molar-refractivity contribution in [1.82, 2.24) is 4.98 Å². The highest BCUT2D eigenvalue weighted by atomic mass is 32.1. The standard InChI is InChI=1S/C13H13F3N2O2S/c1-7-17-9-4-3-8(5-10(9)21-7)18-11(19)6-12(2,20)13(14,15)16/h3-5,20H,6H2,1-2H3,(H,18,19)/t12-/m0/s1. The lowest BCUT2D eigenvalue weighted by atomic mass is 10.0. The van der Waals surface area contributed by atoms with Crippen LogP contribution < -0.4 is 5.32 Å². The molecule has 0 saturated carbocycles. The molecule has 0 aliphatic rings. The van der Waals surface area contributed by atoms with Crippen molar-refractivity contribution in [3.05, 3.63) is 23.2 Å². The molecular weight excluding hydrogens is 305 g/mol. The maximum absolute atomic E-state index is 12.5. The van der Waals surface area contributed by atoms with Crippen LogP contribution in [-0.2, 0) is 4.79 Å².